The second-order valence-electron chi connectivity index (χ2n) is 2.14. The van der Waals surface area contributed by atoms with Crippen molar-refractivity contribution in [3.8, 4) is 0 Å². The lowest BCUT2D eigenvalue weighted by Crippen LogP contribution is -2.09. The fourth-order valence-corrected chi connectivity index (χ4v) is 1.15. The molecule has 0 saturated heterocycles. The van der Waals surface area contributed by atoms with E-state index in [4.69, 9.17) is 11.6 Å². The summed E-state index contributed by atoms with van der Waals surface area (Å²) in [6, 6.07) is 0. The van der Waals surface area contributed by atoms with Gasteiger partial charge in [0.2, 0.25) is 0 Å². The summed E-state index contributed by atoms with van der Waals surface area (Å²) < 4.78 is 1.63. The van der Waals surface area contributed by atoms with Crippen molar-refractivity contribution >= 4 is 16.9 Å². The van der Waals surface area contributed by atoms with Crippen molar-refractivity contribution in [1.29, 1.82) is 0 Å². The normalized spacial score (nSPS) is 11.9. The van der Waals surface area contributed by atoms with Gasteiger partial charge in [-0.15, -0.1) is 5.10 Å². The summed E-state index contributed by atoms with van der Waals surface area (Å²) in [5, 5.41) is 11.3. The van der Waals surface area contributed by atoms with E-state index < -0.39 is 0 Å². The largest absolute Gasteiger partial charge is 0.377 e. The topological polar surface area (TPSA) is 95.1 Å². The first-order chi connectivity index (χ1) is 5.72. The van der Waals surface area contributed by atoms with E-state index in [-0.39, 0.29) is 0 Å². The number of rotatable bonds is 2. The molecule has 0 radical (unpaired) electrons. The predicted molar refractivity (Wildman–Crippen MR) is 48.1 cm³/mol. The van der Waals surface area contributed by atoms with E-state index in [2.05, 4.69) is 15.4 Å². The van der Waals surface area contributed by atoms with Crippen LogP contribution in [0.4, 0.5) is 0 Å². The van der Waals surface area contributed by atoms with E-state index in [1.54, 1.807) is 4.68 Å². The second kappa shape index (κ2) is 3.96. The van der Waals surface area contributed by atoms with E-state index in [0.717, 1.165) is 5.69 Å². The summed E-state index contributed by atoms with van der Waals surface area (Å²) in [7, 11) is 1.81. The van der Waals surface area contributed by atoms with Gasteiger partial charge in [0.05, 0.1) is 5.69 Å². The fourth-order valence-electron chi connectivity index (χ4n) is 0.647. The van der Waals surface area contributed by atoms with Crippen molar-refractivity contribution in [1.82, 2.24) is 15.0 Å². The van der Waals surface area contributed by atoms with Crippen molar-refractivity contribution in [3.63, 3.8) is 0 Å². The number of thioether (sulfide) groups is 1. The van der Waals surface area contributed by atoms with E-state index >= 15 is 0 Å². The Hall–Kier alpha value is -1.24. The number of nitrogens with zero attached hydrogens (tertiary/aromatic N) is 4. The molecular formula is C5H10N6S. The van der Waals surface area contributed by atoms with Gasteiger partial charge in [0, 0.05) is 19.0 Å². The molecule has 0 aliphatic carbocycles. The molecule has 0 bridgehead atoms. The van der Waals surface area contributed by atoms with Gasteiger partial charge in [-0.3, -0.25) is 4.68 Å². The molecule has 0 spiro atoms. The van der Waals surface area contributed by atoms with Gasteiger partial charge in [-0.1, -0.05) is 17.0 Å². The van der Waals surface area contributed by atoms with Crippen molar-refractivity contribution in [2.45, 2.75) is 5.75 Å². The molecular weight excluding hydrogens is 176 g/mol. The number of nitrogens with two attached hydrogens (primary N) is 2. The molecule has 66 valence electrons. The Morgan fingerprint density at radius 3 is 3.08 bits per heavy atom. The van der Waals surface area contributed by atoms with Gasteiger partial charge in [0.25, 0.3) is 0 Å². The van der Waals surface area contributed by atoms with Crippen molar-refractivity contribution in [2.75, 3.05) is 0 Å². The summed E-state index contributed by atoms with van der Waals surface area (Å²) >= 11 is 1.33. The maximum absolute atomic E-state index is 5.36. The Kier molecular flexibility index (Phi) is 2.92. The van der Waals surface area contributed by atoms with Crippen LogP contribution in [0.15, 0.2) is 11.3 Å². The van der Waals surface area contributed by atoms with Gasteiger partial charge in [0.15, 0.2) is 5.17 Å². The summed E-state index contributed by atoms with van der Waals surface area (Å²) in [5.74, 6) is 5.58. The molecule has 1 aromatic rings. The molecule has 0 unspecified atom stereocenters. The Morgan fingerprint density at radius 1 is 1.83 bits per heavy atom. The molecule has 0 atom stereocenters. The Labute approximate surface area is 74.0 Å². The zero-order valence-electron chi connectivity index (χ0n) is 6.64. The number of hydrogen-bond donors (Lipinski definition) is 2. The van der Waals surface area contributed by atoms with E-state index in [9.17, 15) is 0 Å². The monoisotopic (exact) mass is 186 g/mol. The first kappa shape index (κ1) is 8.85. The van der Waals surface area contributed by atoms with E-state index in [1.807, 2.05) is 13.2 Å². The highest BCUT2D eigenvalue weighted by Crippen LogP contribution is 2.07. The van der Waals surface area contributed by atoms with Crippen LogP contribution in [0.25, 0.3) is 0 Å². The molecule has 0 amide bonds. The maximum Gasteiger partial charge on any atom is 0.177 e. The lowest BCUT2D eigenvalue weighted by molar-refractivity contribution is 0.714. The van der Waals surface area contributed by atoms with Gasteiger partial charge in [0.1, 0.15) is 0 Å². The van der Waals surface area contributed by atoms with E-state index in [0.29, 0.717) is 10.9 Å². The molecule has 0 aliphatic rings. The molecule has 0 aliphatic heterocycles. The van der Waals surface area contributed by atoms with Crippen molar-refractivity contribution < 1.29 is 0 Å². The number of hydrogen-bond acceptors (Lipinski definition) is 5. The minimum absolute atomic E-state index is 0.348. The number of aryl methyl sites for hydroxylation is 1. The average Bonchev–Trinajstić information content (AvgIpc) is 2.47. The molecule has 1 aromatic heterocycles. The van der Waals surface area contributed by atoms with Crippen LogP contribution in [0, 0.1) is 0 Å². The SMILES string of the molecule is Cn1cc(CS/C(N)=N/N)nn1. The zero-order chi connectivity index (χ0) is 8.97. The van der Waals surface area contributed by atoms with Crippen LogP contribution in [0.2, 0.25) is 0 Å². The number of hydrazone groups is 1. The summed E-state index contributed by atoms with van der Waals surface area (Å²) in [4.78, 5) is 0. The molecule has 1 heterocycles. The second-order valence-corrected chi connectivity index (χ2v) is 3.14. The highest BCUT2D eigenvalue weighted by atomic mass is 32.2. The van der Waals surface area contributed by atoms with Crippen LogP contribution in [0.3, 0.4) is 0 Å². The maximum atomic E-state index is 5.36. The Morgan fingerprint density at radius 2 is 2.58 bits per heavy atom. The lowest BCUT2D eigenvalue weighted by atomic mass is 10.6. The molecule has 1 rings (SSSR count). The highest BCUT2D eigenvalue weighted by Gasteiger charge is 1.99. The van der Waals surface area contributed by atoms with Crippen LogP contribution in [0.5, 0.6) is 0 Å². The molecule has 7 heteroatoms. The summed E-state index contributed by atoms with van der Waals surface area (Å²) in [6.07, 6.45) is 1.82. The smallest absolute Gasteiger partial charge is 0.177 e. The first-order valence-corrected chi connectivity index (χ1v) is 4.22. The molecule has 0 fully saturated rings. The van der Waals surface area contributed by atoms with E-state index in [1.165, 1.54) is 11.8 Å². The molecule has 4 N–H and O–H groups in total. The third kappa shape index (κ3) is 2.42. The molecule has 0 saturated carbocycles. The minimum atomic E-state index is 0.348. The average molecular weight is 186 g/mol. The van der Waals surface area contributed by atoms with Crippen LogP contribution in [0.1, 0.15) is 5.69 Å². The Balaban J connectivity index is 2.43. The zero-order valence-corrected chi connectivity index (χ0v) is 7.45. The first-order valence-electron chi connectivity index (χ1n) is 3.23. The van der Waals surface area contributed by atoms with Gasteiger partial charge >= 0.3 is 0 Å². The summed E-state index contributed by atoms with van der Waals surface area (Å²) in [5.41, 5.74) is 6.22. The van der Waals surface area contributed by atoms with Crippen LogP contribution < -0.4 is 11.6 Å². The van der Waals surface area contributed by atoms with Crippen LogP contribution in [-0.4, -0.2) is 20.2 Å². The standard InChI is InChI=1S/C5H10N6S/c1-11-2-4(9-10-11)3-12-5(6)8-7/h2H,3,7H2,1H3,(H2,6,8). The predicted octanol–water partition coefficient (Wildman–Crippen LogP) is -0.763. The van der Waals surface area contributed by atoms with Crippen molar-refractivity contribution in [2.24, 2.45) is 23.7 Å². The Bertz CT molecular complexity index is 279. The van der Waals surface area contributed by atoms with Crippen molar-refractivity contribution in [3.05, 3.63) is 11.9 Å². The molecule has 6 nitrogen and oxygen atoms in total. The third-order valence-electron chi connectivity index (χ3n) is 1.15. The quantitative estimate of drug-likeness (QED) is 0.274. The van der Waals surface area contributed by atoms with Gasteiger partial charge in [-0.25, -0.2) is 0 Å². The van der Waals surface area contributed by atoms with Crippen LogP contribution >= 0.6 is 11.8 Å². The number of aromatic nitrogens is 3. The fraction of sp³-hybridized carbons (Fsp3) is 0.400. The third-order valence-corrected chi connectivity index (χ3v) is 1.99. The summed E-state index contributed by atoms with van der Waals surface area (Å²) in [6.45, 7) is 0. The minimum Gasteiger partial charge on any atom is -0.377 e. The molecule has 0 aromatic carbocycles. The van der Waals surface area contributed by atoms with Gasteiger partial charge in [-0.05, 0) is 0 Å². The highest BCUT2D eigenvalue weighted by molar-refractivity contribution is 8.13. The van der Waals surface area contributed by atoms with Gasteiger partial charge < -0.3 is 11.6 Å². The lowest BCUT2D eigenvalue weighted by Gasteiger charge is -1.93. The molecule has 12 heavy (non-hydrogen) atoms. The number of amidine groups is 1. The van der Waals surface area contributed by atoms with Gasteiger partial charge in [-0.2, -0.15) is 5.10 Å². The van der Waals surface area contributed by atoms with Crippen LogP contribution in [-0.2, 0) is 12.8 Å².